The third kappa shape index (κ3) is 3.40. The quantitative estimate of drug-likeness (QED) is 0.571. The van der Waals surface area contributed by atoms with E-state index in [0.717, 1.165) is 35.6 Å². The van der Waals surface area contributed by atoms with Crippen molar-refractivity contribution in [3.8, 4) is 0 Å². The van der Waals surface area contributed by atoms with E-state index in [-0.39, 0.29) is 11.1 Å². The zero-order valence-electron chi connectivity index (χ0n) is 12.5. The number of hydrogen-bond acceptors (Lipinski definition) is 6. The lowest BCUT2D eigenvalue weighted by atomic mass is 10.3. The van der Waals surface area contributed by atoms with Crippen LogP contribution in [0.5, 0.6) is 0 Å². The predicted molar refractivity (Wildman–Crippen MR) is 86.8 cm³/mol. The van der Waals surface area contributed by atoms with Crippen molar-refractivity contribution in [3.63, 3.8) is 0 Å². The number of rotatable bonds is 5. The fourth-order valence-electron chi connectivity index (χ4n) is 2.17. The van der Waals surface area contributed by atoms with E-state index in [2.05, 4.69) is 11.8 Å². The minimum atomic E-state index is -0.251. The third-order valence-electron chi connectivity index (χ3n) is 3.25. The fourth-order valence-corrected chi connectivity index (χ4v) is 4.20. The fraction of sp³-hybridized carbons (Fsp3) is 0.571. The van der Waals surface area contributed by atoms with Crippen molar-refractivity contribution in [2.24, 2.45) is 0 Å². The van der Waals surface area contributed by atoms with Gasteiger partial charge in [0.1, 0.15) is 10.7 Å². The summed E-state index contributed by atoms with van der Waals surface area (Å²) in [5, 5.41) is 0.878. The van der Waals surface area contributed by atoms with Crippen LogP contribution in [0, 0.1) is 0 Å². The number of hydrogen-bond donors (Lipinski definition) is 0. The number of imide groups is 1. The highest BCUT2D eigenvalue weighted by Gasteiger charge is 2.36. The van der Waals surface area contributed by atoms with Crippen LogP contribution >= 0.6 is 23.5 Å². The van der Waals surface area contributed by atoms with Gasteiger partial charge in [-0.1, -0.05) is 0 Å². The summed E-state index contributed by atoms with van der Waals surface area (Å²) in [4.78, 5) is 28.0. The molecule has 2 fully saturated rings. The Morgan fingerprint density at radius 2 is 2.05 bits per heavy atom. The molecule has 7 heteroatoms. The molecule has 2 heterocycles. The van der Waals surface area contributed by atoms with E-state index in [1.165, 1.54) is 4.90 Å². The number of carbonyl (C=O) groups excluding carboxylic acids is 2. The molecule has 0 bridgehead atoms. The summed E-state index contributed by atoms with van der Waals surface area (Å²) in [6.07, 6.45) is 1.90. The van der Waals surface area contributed by atoms with E-state index in [9.17, 15) is 9.59 Å². The molecule has 5 nitrogen and oxygen atoms in total. The van der Waals surface area contributed by atoms with Gasteiger partial charge in [-0.2, -0.15) is 0 Å². The molecule has 0 saturated carbocycles. The summed E-state index contributed by atoms with van der Waals surface area (Å²) in [7, 11) is 0. The average molecular weight is 328 g/mol. The number of amides is 2. The molecule has 116 valence electrons. The van der Waals surface area contributed by atoms with Crippen LogP contribution in [0.15, 0.2) is 21.8 Å². The van der Waals surface area contributed by atoms with Crippen molar-refractivity contribution in [1.82, 2.24) is 9.80 Å². The smallest absolute Gasteiger partial charge is 0.293 e. The van der Waals surface area contributed by atoms with Gasteiger partial charge < -0.3 is 9.64 Å². The van der Waals surface area contributed by atoms with Crippen molar-refractivity contribution < 1.29 is 14.3 Å². The van der Waals surface area contributed by atoms with Gasteiger partial charge >= 0.3 is 0 Å². The SMILES string of the molecule is CCOC(/C=C1/SCCN1CC)=C1\SC(=O)N(CC)C1=O. The van der Waals surface area contributed by atoms with Gasteiger partial charge in [-0.05, 0) is 32.5 Å². The normalized spacial score (nSPS) is 23.5. The summed E-state index contributed by atoms with van der Waals surface area (Å²) in [6, 6.07) is 0. The molecular weight excluding hydrogens is 308 g/mol. The minimum Gasteiger partial charge on any atom is -0.492 e. The van der Waals surface area contributed by atoms with Gasteiger partial charge in [0.25, 0.3) is 11.1 Å². The lowest BCUT2D eigenvalue weighted by Gasteiger charge is -2.17. The first-order chi connectivity index (χ1) is 10.1. The molecule has 0 spiro atoms. The molecule has 2 saturated heterocycles. The van der Waals surface area contributed by atoms with Crippen LogP contribution < -0.4 is 0 Å². The van der Waals surface area contributed by atoms with Gasteiger partial charge in [-0.25, -0.2) is 0 Å². The molecule has 0 N–H and O–H groups in total. The lowest BCUT2D eigenvalue weighted by Crippen LogP contribution is -2.27. The number of ether oxygens (including phenoxy) is 1. The van der Waals surface area contributed by atoms with Gasteiger partial charge in [0.15, 0.2) is 0 Å². The van der Waals surface area contributed by atoms with Gasteiger partial charge in [-0.3, -0.25) is 14.5 Å². The third-order valence-corrected chi connectivity index (χ3v) is 5.28. The van der Waals surface area contributed by atoms with Crippen molar-refractivity contribution in [2.45, 2.75) is 20.8 Å². The first-order valence-electron chi connectivity index (χ1n) is 7.12. The van der Waals surface area contributed by atoms with Crippen molar-refractivity contribution in [1.29, 1.82) is 0 Å². The summed E-state index contributed by atoms with van der Waals surface area (Å²) in [6.45, 7) is 8.56. The molecular formula is C14H20N2O3S2. The molecule has 0 atom stereocenters. The minimum absolute atomic E-state index is 0.223. The van der Waals surface area contributed by atoms with E-state index in [0.29, 0.717) is 23.8 Å². The van der Waals surface area contributed by atoms with Crippen molar-refractivity contribution >= 4 is 34.7 Å². The Labute approximate surface area is 133 Å². The molecule has 2 aliphatic rings. The maximum atomic E-state index is 12.3. The molecule has 0 aromatic rings. The number of nitrogens with zero attached hydrogens (tertiary/aromatic N) is 2. The highest BCUT2D eigenvalue weighted by Crippen LogP contribution is 2.36. The van der Waals surface area contributed by atoms with Crippen LogP contribution in [0.3, 0.4) is 0 Å². The number of thioether (sulfide) groups is 2. The van der Waals surface area contributed by atoms with Crippen LogP contribution in [0.1, 0.15) is 20.8 Å². The zero-order valence-corrected chi connectivity index (χ0v) is 14.2. The van der Waals surface area contributed by atoms with Crippen LogP contribution in [-0.2, 0) is 9.53 Å². The predicted octanol–water partition coefficient (Wildman–Crippen LogP) is 2.86. The first kappa shape index (κ1) is 16.3. The van der Waals surface area contributed by atoms with E-state index >= 15 is 0 Å². The molecule has 0 aromatic carbocycles. The van der Waals surface area contributed by atoms with Crippen molar-refractivity contribution in [2.75, 3.05) is 32.0 Å². The highest BCUT2D eigenvalue weighted by atomic mass is 32.2. The Morgan fingerprint density at radius 1 is 1.29 bits per heavy atom. The van der Waals surface area contributed by atoms with Gasteiger partial charge in [-0.15, -0.1) is 11.8 Å². The topological polar surface area (TPSA) is 49.9 Å². The van der Waals surface area contributed by atoms with Crippen LogP contribution in [0.25, 0.3) is 0 Å². The Morgan fingerprint density at radius 3 is 2.62 bits per heavy atom. The molecule has 0 unspecified atom stereocenters. The summed E-state index contributed by atoms with van der Waals surface area (Å²) < 4.78 is 5.63. The highest BCUT2D eigenvalue weighted by molar-refractivity contribution is 8.18. The van der Waals surface area contributed by atoms with Crippen LogP contribution in [-0.4, -0.2) is 52.9 Å². The van der Waals surface area contributed by atoms with Gasteiger partial charge in [0, 0.05) is 31.5 Å². The largest absolute Gasteiger partial charge is 0.492 e. The first-order valence-corrected chi connectivity index (χ1v) is 8.92. The van der Waals surface area contributed by atoms with Gasteiger partial charge in [0.2, 0.25) is 0 Å². The van der Waals surface area contributed by atoms with E-state index in [4.69, 9.17) is 4.74 Å². The summed E-state index contributed by atoms with van der Waals surface area (Å²) in [5.74, 6) is 1.30. The maximum Gasteiger partial charge on any atom is 0.293 e. The molecule has 21 heavy (non-hydrogen) atoms. The molecule has 0 radical (unpaired) electrons. The molecule has 2 rings (SSSR count). The lowest BCUT2D eigenvalue weighted by molar-refractivity contribution is -0.122. The standard InChI is InChI=1S/C14H20N2O3S2/c1-4-15-7-8-20-11(15)9-10(19-6-3)12-13(17)16(5-2)14(18)21-12/h9H,4-8H2,1-3H3/b11-9+,12-10-. The van der Waals surface area contributed by atoms with Crippen LogP contribution in [0.2, 0.25) is 0 Å². The van der Waals surface area contributed by atoms with E-state index in [1.54, 1.807) is 18.7 Å². The zero-order chi connectivity index (χ0) is 15.4. The Hall–Kier alpha value is -1.08. The molecule has 0 aliphatic carbocycles. The van der Waals surface area contributed by atoms with Gasteiger partial charge in [0.05, 0.1) is 11.6 Å². The van der Waals surface area contributed by atoms with Crippen LogP contribution in [0.4, 0.5) is 4.79 Å². The second-order valence-corrected chi connectivity index (χ2v) is 6.53. The number of likely N-dealkylation sites (N-methyl/N-ethyl adjacent to an activating group) is 1. The molecule has 2 amide bonds. The maximum absolute atomic E-state index is 12.3. The second kappa shape index (κ2) is 7.26. The molecule has 2 aliphatic heterocycles. The molecule has 0 aromatic heterocycles. The Balaban J connectivity index is 2.35. The number of carbonyl (C=O) groups is 2. The van der Waals surface area contributed by atoms with E-state index in [1.807, 2.05) is 13.0 Å². The van der Waals surface area contributed by atoms with Crippen molar-refractivity contribution in [3.05, 3.63) is 21.8 Å². The Kier molecular flexibility index (Phi) is 5.64. The summed E-state index contributed by atoms with van der Waals surface area (Å²) in [5.41, 5.74) is 0. The Bertz CT molecular complexity index is 502. The summed E-state index contributed by atoms with van der Waals surface area (Å²) >= 11 is 2.72. The number of allylic oxidation sites excluding steroid dienone is 1. The monoisotopic (exact) mass is 328 g/mol. The average Bonchev–Trinajstić information content (AvgIpc) is 3.02. The second-order valence-electron chi connectivity index (χ2n) is 4.45. The van der Waals surface area contributed by atoms with E-state index < -0.39 is 0 Å².